The fraction of sp³-hybridized carbons (Fsp3) is 0. The highest BCUT2D eigenvalue weighted by Gasteiger charge is 2.14. The Kier molecular flexibility index (Phi) is 3.10. The maximum absolute atomic E-state index is 13.8. The first-order chi connectivity index (χ1) is 10.1. The Bertz CT molecular complexity index is 842. The van der Waals surface area contributed by atoms with Gasteiger partial charge in [0.2, 0.25) is 0 Å². The fourth-order valence-corrected chi connectivity index (χ4v) is 2.23. The summed E-state index contributed by atoms with van der Waals surface area (Å²) in [4.78, 5) is 15.2. The molecule has 3 rings (SSSR count). The van der Waals surface area contributed by atoms with Crippen molar-refractivity contribution in [1.29, 1.82) is 0 Å². The number of hydrogen-bond donors (Lipinski definition) is 1. The van der Waals surface area contributed by atoms with E-state index in [9.17, 15) is 13.6 Å². The zero-order valence-electron chi connectivity index (χ0n) is 10.7. The molecule has 0 bridgehead atoms. The highest BCUT2D eigenvalue weighted by molar-refractivity contribution is 6.05. The largest absolute Gasteiger partial charge is 0.364 e. The predicted octanol–water partition coefficient (Wildman–Crippen LogP) is 3.08. The Balaban J connectivity index is 2.31. The van der Waals surface area contributed by atoms with E-state index in [1.165, 1.54) is 24.3 Å². The zero-order chi connectivity index (χ0) is 15.0. The summed E-state index contributed by atoms with van der Waals surface area (Å²) in [5, 5.41) is 1.10. The normalized spacial score (nSPS) is 10.8. The second-order valence-corrected chi connectivity index (χ2v) is 4.50. The zero-order valence-corrected chi connectivity index (χ0v) is 10.7. The number of rotatable bonds is 2. The van der Waals surface area contributed by atoms with Crippen molar-refractivity contribution in [2.45, 2.75) is 0 Å². The number of nitrogens with two attached hydrogens (primary N) is 1. The van der Waals surface area contributed by atoms with Crippen LogP contribution in [-0.2, 0) is 0 Å². The number of carbonyl (C=O) groups excluding carboxylic acids is 1. The van der Waals surface area contributed by atoms with E-state index in [0.29, 0.717) is 16.3 Å². The number of halogens is 2. The van der Waals surface area contributed by atoms with Crippen molar-refractivity contribution in [3.63, 3.8) is 0 Å². The first-order valence-corrected chi connectivity index (χ1v) is 6.13. The first kappa shape index (κ1) is 13.2. The molecule has 0 aliphatic carbocycles. The molecule has 1 radical (unpaired) electrons. The number of carbonyl (C=O) groups is 1. The van der Waals surface area contributed by atoms with Gasteiger partial charge in [-0.2, -0.15) is 0 Å². The quantitative estimate of drug-likeness (QED) is 0.785. The Morgan fingerprint density at radius 2 is 1.86 bits per heavy atom. The molecule has 1 heterocycles. The molecule has 0 fully saturated rings. The van der Waals surface area contributed by atoms with E-state index in [-0.39, 0.29) is 11.3 Å². The lowest BCUT2D eigenvalue weighted by molar-refractivity contribution is 0.0997. The summed E-state index contributed by atoms with van der Waals surface area (Å²) in [7, 11) is 0. The van der Waals surface area contributed by atoms with Crippen molar-refractivity contribution < 1.29 is 13.6 Å². The number of pyridine rings is 1. The highest BCUT2D eigenvalue weighted by Crippen LogP contribution is 2.29. The maximum Gasteiger partial charge on any atom is 0.267 e. The Morgan fingerprint density at radius 1 is 1.14 bits per heavy atom. The molecule has 5 heteroatoms. The minimum Gasteiger partial charge on any atom is -0.364 e. The molecule has 0 unspecified atom stereocenters. The fourth-order valence-electron chi connectivity index (χ4n) is 2.23. The molecule has 103 valence electrons. The Morgan fingerprint density at radius 3 is 2.52 bits per heavy atom. The summed E-state index contributed by atoms with van der Waals surface area (Å²) >= 11 is 0. The standard InChI is InChI=1S/C16H9F2N2O/c17-12-2-1-3-13(18)14(12)10-5-4-9-6-7-20-15(16(19)21)11(9)8-10/h1-6,8H,(H2,19,21). The average molecular weight is 283 g/mol. The van der Waals surface area contributed by atoms with Gasteiger partial charge in [-0.1, -0.05) is 18.2 Å². The van der Waals surface area contributed by atoms with Gasteiger partial charge in [-0.05, 0) is 35.2 Å². The minimum absolute atomic E-state index is 0.0195. The molecule has 0 saturated carbocycles. The van der Waals surface area contributed by atoms with Crippen LogP contribution in [0.15, 0.2) is 42.5 Å². The van der Waals surface area contributed by atoms with E-state index in [0.717, 1.165) is 0 Å². The van der Waals surface area contributed by atoms with Crippen LogP contribution in [0.5, 0.6) is 0 Å². The monoisotopic (exact) mass is 283 g/mol. The van der Waals surface area contributed by atoms with Gasteiger partial charge in [0.25, 0.3) is 5.91 Å². The third kappa shape index (κ3) is 2.23. The summed E-state index contributed by atoms with van der Waals surface area (Å²) in [5.41, 5.74) is 5.44. The van der Waals surface area contributed by atoms with Crippen molar-refractivity contribution in [1.82, 2.24) is 4.98 Å². The minimum atomic E-state index is -0.719. The van der Waals surface area contributed by atoms with Crippen LogP contribution in [-0.4, -0.2) is 10.9 Å². The molecule has 1 amide bonds. The van der Waals surface area contributed by atoms with Crippen LogP contribution in [0.2, 0.25) is 0 Å². The lowest BCUT2D eigenvalue weighted by Crippen LogP contribution is -2.13. The molecule has 2 aromatic carbocycles. The molecule has 3 aromatic rings. The topological polar surface area (TPSA) is 56.0 Å². The van der Waals surface area contributed by atoms with Crippen LogP contribution in [0, 0.1) is 17.8 Å². The summed E-state index contributed by atoms with van der Waals surface area (Å²) in [6.07, 6.45) is 2.57. The number of hydrogen-bond acceptors (Lipinski definition) is 2. The van der Waals surface area contributed by atoms with Gasteiger partial charge in [0.1, 0.15) is 17.3 Å². The van der Waals surface area contributed by atoms with Gasteiger partial charge >= 0.3 is 0 Å². The van der Waals surface area contributed by atoms with Crippen molar-refractivity contribution >= 4 is 16.7 Å². The molecule has 1 aromatic heterocycles. The van der Waals surface area contributed by atoms with E-state index in [2.05, 4.69) is 11.2 Å². The molecule has 21 heavy (non-hydrogen) atoms. The van der Waals surface area contributed by atoms with Crippen molar-refractivity contribution in [2.24, 2.45) is 5.73 Å². The van der Waals surface area contributed by atoms with Crippen LogP contribution in [0.25, 0.3) is 21.9 Å². The van der Waals surface area contributed by atoms with Crippen LogP contribution >= 0.6 is 0 Å². The van der Waals surface area contributed by atoms with Crippen LogP contribution in [0.1, 0.15) is 10.5 Å². The van der Waals surface area contributed by atoms with Gasteiger partial charge in [-0.3, -0.25) is 4.79 Å². The van der Waals surface area contributed by atoms with Crippen LogP contribution in [0.3, 0.4) is 0 Å². The predicted molar refractivity (Wildman–Crippen MR) is 74.4 cm³/mol. The summed E-state index contributed by atoms with van der Waals surface area (Å²) in [5.74, 6) is -2.07. The summed E-state index contributed by atoms with van der Waals surface area (Å²) < 4.78 is 27.7. The third-order valence-electron chi connectivity index (χ3n) is 3.19. The van der Waals surface area contributed by atoms with Gasteiger partial charge in [-0.25, -0.2) is 13.8 Å². The van der Waals surface area contributed by atoms with Crippen molar-refractivity contribution in [3.8, 4) is 11.1 Å². The number of primary amides is 1. The molecule has 3 nitrogen and oxygen atoms in total. The lowest BCUT2D eigenvalue weighted by Gasteiger charge is -2.08. The van der Waals surface area contributed by atoms with Crippen molar-refractivity contribution in [2.75, 3.05) is 0 Å². The third-order valence-corrected chi connectivity index (χ3v) is 3.19. The van der Waals surface area contributed by atoms with Crippen LogP contribution in [0.4, 0.5) is 8.78 Å². The van der Waals surface area contributed by atoms with Gasteiger partial charge < -0.3 is 5.73 Å². The highest BCUT2D eigenvalue weighted by atomic mass is 19.1. The molecule has 0 aliphatic heterocycles. The van der Waals surface area contributed by atoms with E-state index in [1.807, 2.05) is 0 Å². The van der Waals surface area contributed by atoms with E-state index in [4.69, 9.17) is 5.73 Å². The van der Waals surface area contributed by atoms with E-state index < -0.39 is 17.5 Å². The molecule has 0 spiro atoms. The van der Waals surface area contributed by atoms with E-state index in [1.54, 1.807) is 18.2 Å². The number of benzene rings is 2. The molecular formula is C16H9F2N2O. The van der Waals surface area contributed by atoms with Crippen LogP contribution < -0.4 is 5.73 Å². The second kappa shape index (κ2) is 4.94. The molecular weight excluding hydrogens is 274 g/mol. The maximum atomic E-state index is 13.8. The number of fused-ring (bicyclic) bond motifs is 1. The molecule has 0 atom stereocenters. The lowest BCUT2D eigenvalue weighted by atomic mass is 9.99. The Hall–Kier alpha value is -2.82. The van der Waals surface area contributed by atoms with E-state index >= 15 is 0 Å². The summed E-state index contributed by atoms with van der Waals surface area (Å²) in [6.45, 7) is 0. The average Bonchev–Trinajstić information content (AvgIpc) is 2.46. The number of amides is 1. The second-order valence-electron chi connectivity index (χ2n) is 4.50. The SMILES string of the molecule is NC(=O)c1n[c]cc2ccc(-c3c(F)cccc3F)cc12. The van der Waals surface area contributed by atoms with Gasteiger partial charge in [0.05, 0.1) is 11.8 Å². The molecule has 0 saturated heterocycles. The molecule has 0 aliphatic rings. The van der Waals surface area contributed by atoms with Crippen molar-refractivity contribution in [3.05, 3.63) is 66.0 Å². The Labute approximate surface area is 119 Å². The number of aromatic nitrogens is 1. The first-order valence-electron chi connectivity index (χ1n) is 6.13. The number of nitrogens with zero attached hydrogens (tertiary/aromatic N) is 1. The van der Waals surface area contributed by atoms with Gasteiger partial charge in [0, 0.05) is 5.39 Å². The smallest absolute Gasteiger partial charge is 0.267 e. The molecule has 2 N–H and O–H groups in total. The summed E-state index contributed by atoms with van der Waals surface area (Å²) in [6, 6.07) is 9.93. The van der Waals surface area contributed by atoms with Gasteiger partial charge in [-0.15, -0.1) is 0 Å². The van der Waals surface area contributed by atoms with Gasteiger partial charge in [0.15, 0.2) is 0 Å².